The van der Waals surface area contributed by atoms with Gasteiger partial charge < -0.3 is 4.90 Å². The molecule has 0 fully saturated rings. The summed E-state index contributed by atoms with van der Waals surface area (Å²) in [5.41, 5.74) is 0.446. The van der Waals surface area contributed by atoms with Gasteiger partial charge in [-0.15, -0.1) is 13.2 Å². The molecule has 3 heteroatoms. The number of hydrogen-bond donors (Lipinski definition) is 0. The molecule has 1 heterocycles. The minimum absolute atomic E-state index is 0.101. The highest BCUT2D eigenvalue weighted by molar-refractivity contribution is 5.92. The third kappa shape index (κ3) is 3.06. The van der Waals surface area contributed by atoms with Gasteiger partial charge in [-0.25, -0.2) is 0 Å². The molecule has 0 saturated heterocycles. The van der Waals surface area contributed by atoms with Crippen molar-refractivity contribution in [3.05, 3.63) is 55.4 Å². The van der Waals surface area contributed by atoms with Gasteiger partial charge in [-0.2, -0.15) is 0 Å². The van der Waals surface area contributed by atoms with Crippen LogP contribution in [0.5, 0.6) is 0 Å². The first-order chi connectivity index (χ1) is 7.29. The van der Waals surface area contributed by atoms with E-state index in [-0.39, 0.29) is 5.91 Å². The van der Waals surface area contributed by atoms with Gasteiger partial charge in [0.2, 0.25) is 0 Å². The Hall–Kier alpha value is -1.90. The fourth-order valence-electron chi connectivity index (χ4n) is 1.20. The van der Waals surface area contributed by atoms with E-state index < -0.39 is 0 Å². The van der Waals surface area contributed by atoms with E-state index >= 15 is 0 Å². The minimum atomic E-state index is -0.101. The van der Waals surface area contributed by atoms with E-state index in [2.05, 4.69) is 18.1 Å². The maximum absolute atomic E-state index is 11.9. The molecule has 0 aliphatic carbocycles. The van der Waals surface area contributed by atoms with Crippen molar-refractivity contribution in [2.24, 2.45) is 0 Å². The molecule has 3 nitrogen and oxygen atoms in total. The second-order valence-corrected chi connectivity index (χ2v) is 3.00. The topological polar surface area (TPSA) is 33.2 Å². The predicted octanol–water partition coefficient (Wildman–Crippen LogP) is 1.90. The average molecular weight is 202 g/mol. The van der Waals surface area contributed by atoms with Crippen LogP contribution in [-0.2, 0) is 0 Å². The molecule has 0 atom stereocenters. The quantitative estimate of drug-likeness (QED) is 0.683. The van der Waals surface area contributed by atoms with Crippen LogP contribution in [0, 0.1) is 0 Å². The first-order valence-electron chi connectivity index (χ1n) is 4.71. The molecule has 15 heavy (non-hydrogen) atoms. The third-order valence-electron chi connectivity index (χ3n) is 1.87. The maximum atomic E-state index is 11.9. The van der Waals surface area contributed by atoms with Gasteiger partial charge in [-0.1, -0.05) is 18.2 Å². The lowest BCUT2D eigenvalue weighted by molar-refractivity contribution is 0.0785. The second kappa shape index (κ2) is 5.75. The Morgan fingerprint density at radius 1 is 1.33 bits per heavy atom. The SMILES string of the molecule is C=CCN(CC=C)C(=O)c1ccccn1. The van der Waals surface area contributed by atoms with Crippen LogP contribution in [0.4, 0.5) is 0 Å². The zero-order chi connectivity index (χ0) is 11.1. The van der Waals surface area contributed by atoms with Gasteiger partial charge in [-0.05, 0) is 12.1 Å². The van der Waals surface area contributed by atoms with Crippen molar-refractivity contribution in [3.8, 4) is 0 Å². The lowest BCUT2D eigenvalue weighted by atomic mass is 10.3. The summed E-state index contributed by atoms with van der Waals surface area (Å²) in [6.45, 7) is 8.22. The summed E-state index contributed by atoms with van der Waals surface area (Å²) >= 11 is 0. The Balaban J connectivity index is 2.80. The summed E-state index contributed by atoms with van der Waals surface area (Å²) in [5, 5.41) is 0. The second-order valence-electron chi connectivity index (χ2n) is 3.00. The molecule has 0 aromatic carbocycles. The molecular formula is C12H14N2O. The largest absolute Gasteiger partial charge is 0.330 e. The molecule has 0 aliphatic rings. The molecular weight excluding hydrogens is 188 g/mol. The van der Waals surface area contributed by atoms with Crippen molar-refractivity contribution < 1.29 is 4.79 Å². The number of amides is 1. The predicted molar refractivity (Wildman–Crippen MR) is 60.5 cm³/mol. The summed E-state index contributed by atoms with van der Waals surface area (Å²) in [6, 6.07) is 5.27. The van der Waals surface area contributed by atoms with Gasteiger partial charge in [0.25, 0.3) is 5.91 Å². The Morgan fingerprint density at radius 3 is 2.47 bits per heavy atom. The lowest BCUT2D eigenvalue weighted by Gasteiger charge is -2.18. The zero-order valence-corrected chi connectivity index (χ0v) is 8.60. The normalized spacial score (nSPS) is 9.33. The zero-order valence-electron chi connectivity index (χ0n) is 8.60. The van der Waals surface area contributed by atoms with Gasteiger partial charge in [0.1, 0.15) is 5.69 Å². The Bertz CT molecular complexity index is 336. The highest BCUT2D eigenvalue weighted by atomic mass is 16.2. The third-order valence-corrected chi connectivity index (χ3v) is 1.87. The molecule has 0 radical (unpaired) electrons. The summed E-state index contributed by atoms with van der Waals surface area (Å²) in [5.74, 6) is -0.101. The lowest BCUT2D eigenvalue weighted by Crippen LogP contribution is -2.31. The van der Waals surface area contributed by atoms with E-state index in [9.17, 15) is 4.79 Å². The smallest absolute Gasteiger partial charge is 0.273 e. The van der Waals surface area contributed by atoms with Crippen LogP contribution in [0.2, 0.25) is 0 Å². The number of hydrogen-bond acceptors (Lipinski definition) is 2. The van der Waals surface area contributed by atoms with Gasteiger partial charge in [-0.3, -0.25) is 9.78 Å². The van der Waals surface area contributed by atoms with E-state index in [0.717, 1.165) is 0 Å². The standard InChI is InChI=1S/C12H14N2O/c1-3-9-14(10-4-2)12(15)11-7-5-6-8-13-11/h3-8H,1-2,9-10H2. The van der Waals surface area contributed by atoms with Crippen molar-refractivity contribution in [2.45, 2.75) is 0 Å². The summed E-state index contributed by atoms with van der Waals surface area (Å²) < 4.78 is 0. The number of aromatic nitrogens is 1. The van der Waals surface area contributed by atoms with Crippen LogP contribution in [0.15, 0.2) is 49.7 Å². The Labute approximate surface area is 89.7 Å². The molecule has 1 rings (SSSR count). The molecule has 0 spiro atoms. The number of pyridine rings is 1. The summed E-state index contributed by atoms with van der Waals surface area (Å²) in [7, 11) is 0. The van der Waals surface area contributed by atoms with E-state index in [1.54, 1.807) is 41.4 Å². The molecule has 0 N–H and O–H groups in total. The summed E-state index contributed by atoms with van der Waals surface area (Å²) in [4.78, 5) is 17.5. The molecule has 0 unspecified atom stereocenters. The minimum Gasteiger partial charge on any atom is -0.330 e. The van der Waals surface area contributed by atoms with E-state index in [1.807, 2.05) is 0 Å². The first-order valence-corrected chi connectivity index (χ1v) is 4.71. The van der Waals surface area contributed by atoms with Crippen LogP contribution in [-0.4, -0.2) is 28.9 Å². The first kappa shape index (κ1) is 11.2. The summed E-state index contributed by atoms with van der Waals surface area (Å²) in [6.07, 6.45) is 4.97. The number of rotatable bonds is 5. The number of nitrogens with zero attached hydrogens (tertiary/aromatic N) is 2. The van der Waals surface area contributed by atoms with Crippen molar-refractivity contribution >= 4 is 5.91 Å². The number of carbonyl (C=O) groups excluding carboxylic acids is 1. The van der Waals surface area contributed by atoms with E-state index in [1.165, 1.54) is 0 Å². The Morgan fingerprint density at radius 2 is 2.00 bits per heavy atom. The highest BCUT2D eigenvalue weighted by Crippen LogP contribution is 2.01. The van der Waals surface area contributed by atoms with Crippen molar-refractivity contribution in [1.29, 1.82) is 0 Å². The van der Waals surface area contributed by atoms with Crippen LogP contribution < -0.4 is 0 Å². The van der Waals surface area contributed by atoms with Gasteiger partial charge >= 0.3 is 0 Å². The molecule has 1 aromatic heterocycles. The number of carbonyl (C=O) groups is 1. The van der Waals surface area contributed by atoms with Gasteiger partial charge in [0.05, 0.1) is 0 Å². The van der Waals surface area contributed by atoms with Crippen molar-refractivity contribution in [2.75, 3.05) is 13.1 Å². The van der Waals surface area contributed by atoms with Crippen LogP contribution in [0.25, 0.3) is 0 Å². The van der Waals surface area contributed by atoms with Crippen LogP contribution in [0.3, 0.4) is 0 Å². The molecule has 0 saturated carbocycles. The Kier molecular flexibility index (Phi) is 4.29. The van der Waals surface area contributed by atoms with Crippen LogP contribution in [0.1, 0.15) is 10.5 Å². The monoisotopic (exact) mass is 202 g/mol. The highest BCUT2D eigenvalue weighted by Gasteiger charge is 2.13. The average Bonchev–Trinajstić information content (AvgIpc) is 2.29. The molecule has 1 aromatic rings. The fourth-order valence-corrected chi connectivity index (χ4v) is 1.20. The maximum Gasteiger partial charge on any atom is 0.273 e. The molecule has 78 valence electrons. The van der Waals surface area contributed by atoms with E-state index in [4.69, 9.17) is 0 Å². The van der Waals surface area contributed by atoms with Gasteiger partial charge in [0, 0.05) is 19.3 Å². The van der Waals surface area contributed by atoms with Crippen molar-refractivity contribution in [3.63, 3.8) is 0 Å². The van der Waals surface area contributed by atoms with Crippen molar-refractivity contribution in [1.82, 2.24) is 9.88 Å². The van der Waals surface area contributed by atoms with E-state index in [0.29, 0.717) is 18.8 Å². The molecule has 0 aliphatic heterocycles. The molecule has 0 bridgehead atoms. The van der Waals surface area contributed by atoms with Gasteiger partial charge in [0.15, 0.2) is 0 Å². The van der Waals surface area contributed by atoms with Crippen LogP contribution >= 0.6 is 0 Å². The molecule has 1 amide bonds. The fraction of sp³-hybridized carbons (Fsp3) is 0.167.